The van der Waals surface area contributed by atoms with E-state index in [0.29, 0.717) is 6.61 Å². The second kappa shape index (κ2) is 9.69. The predicted octanol–water partition coefficient (Wildman–Crippen LogP) is 5.94. The summed E-state index contributed by atoms with van der Waals surface area (Å²) in [5.41, 5.74) is 2.32. The van der Waals surface area contributed by atoms with Crippen molar-refractivity contribution >= 4 is 6.08 Å². The summed E-state index contributed by atoms with van der Waals surface area (Å²) in [6.07, 6.45) is 5.91. The van der Waals surface area contributed by atoms with Crippen molar-refractivity contribution in [3.05, 3.63) is 65.2 Å². The van der Waals surface area contributed by atoms with E-state index in [9.17, 15) is 8.78 Å². The average Bonchev–Trinajstić information content (AvgIpc) is 2.72. The van der Waals surface area contributed by atoms with Crippen molar-refractivity contribution < 1.29 is 23.0 Å². The lowest BCUT2D eigenvalue weighted by Crippen LogP contribution is -2.25. The maximum absolute atomic E-state index is 14.1. The van der Waals surface area contributed by atoms with Crippen LogP contribution in [0.2, 0.25) is 0 Å². The molecule has 1 aliphatic heterocycles. The standard InChI is InChI=1S/C23H26F2O3/c1-3-5-16-6-9-18(10-7-16)19-11-8-17(14-27-19)15-28-21-13-12-20(26-4-2)22(24)23(21)25/h3,5-7,9-10,12-13,17,19H,4,8,11,14-15H2,1-2H3/b5-3+. The Morgan fingerprint density at radius 1 is 1.00 bits per heavy atom. The van der Waals surface area contributed by atoms with Crippen molar-refractivity contribution in [3.63, 3.8) is 0 Å². The molecule has 1 heterocycles. The molecule has 2 atom stereocenters. The second-order valence-corrected chi connectivity index (χ2v) is 6.87. The Morgan fingerprint density at radius 2 is 1.68 bits per heavy atom. The molecule has 0 radical (unpaired) electrons. The van der Waals surface area contributed by atoms with Crippen LogP contribution in [0.1, 0.15) is 43.9 Å². The van der Waals surface area contributed by atoms with Crippen LogP contribution in [0.15, 0.2) is 42.5 Å². The molecule has 0 spiro atoms. The van der Waals surface area contributed by atoms with E-state index in [2.05, 4.69) is 30.3 Å². The number of benzene rings is 2. The minimum Gasteiger partial charge on any atom is -0.491 e. The first-order valence-electron chi connectivity index (χ1n) is 9.70. The molecule has 3 rings (SSSR count). The number of rotatable bonds is 7. The molecule has 1 aliphatic rings. The van der Waals surface area contributed by atoms with Crippen LogP contribution in [0.5, 0.6) is 11.5 Å². The van der Waals surface area contributed by atoms with Crippen LogP contribution in [0.3, 0.4) is 0 Å². The van der Waals surface area contributed by atoms with E-state index in [0.717, 1.165) is 24.0 Å². The van der Waals surface area contributed by atoms with Gasteiger partial charge in [0.05, 0.1) is 25.9 Å². The maximum atomic E-state index is 14.1. The molecule has 0 saturated carbocycles. The van der Waals surface area contributed by atoms with Gasteiger partial charge in [0.1, 0.15) is 0 Å². The summed E-state index contributed by atoms with van der Waals surface area (Å²) in [7, 11) is 0. The quantitative estimate of drug-likeness (QED) is 0.587. The van der Waals surface area contributed by atoms with Crippen LogP contribution in [0, 0.1) is 17.6 Å². The highest BCUT2D eigenvalue weighted by atomic mass is 19.2. The number of hydrogen-bond donors (Lipinski definition) is 0. The highest BCUT2D eigenvalue weighted by Crippen LogP contribution is 2.32. The summed E-state index contributed by atoms with van der Waals surface area (Å²) in [4.78, 5) is 0. The van der Waals surface area contributed by atoms with Gasteiger partial charge in [-0.05, 0) is 49.9 Å². The van der Waals surface area contributed by atoms with E-state index >= 15 is 0 Å². The van der Waals surface area contributed by atoms with Crippen LogP contribution in [0.4, 0.5) is 8.78 Å². The second-order valence-electron chi connectivity index (χ2n) is 6.87. The summed E-state index contributed by atoms with van der Waals surface area (Å²) in [5, 5.41) is 0. The smallest absolute Gasteiger partial charge is 0.204 e. The van der Waals surface area contributed by atoms with E-state index < -0.39 is 11.6 Å². The topological polar surface area (TPSA) is 27.7 Å². The number of halogens is 2. The molecule has 0 bridgehead atoms. The van der Waals surface area contributed by atoms with E-state index in [1.54, 1.807) is 6.92 Å². The molecule has 2 aromatic carbocycles. The molecule has 2 aromatic rings. The summed E-state index contributed by atoms with van der Waals surface area (Å²) < 4.78 is 44.6. The van der Waals surface area contributed by atoms with Gasteiger partial charge in [-0.1, -0.05) is 36.4 Å². The number of allylic oxidation sites excluding steroid dienone is 1. The summed E-state index contributed by atoms with van der Waals surface area (Å²) in [6.45, 7) is 4.80. The highest BCUT2D eigenvalue weighted by Gasteiger charge is 2.24. The van der Waals surface area contributed by atoms with Gasteiger partial charge in [0.15, 0.2) is 11.5 Å². The minimum atomic E-state index is -1.01. The van der Waals surface area contributed by atoms with Crippen molar-refractivity contribution in [2.45, 2.75) is 32.8 Å². The van der Waals surface area contributed by atoms with Crippen molar-refractivity contribution in [1.82, 2.24) is 0 Å². The Morgan fingerprint density at radius 3 is 2.25 bits per heavy atom. The number of ether oxygens (including phenoxy) is 3. The van der Waals surface area contributed by atoms with Gasteiger partial charge in [-0.3, -0.25) is 0 Å². The lowest BCUT2D eigenvalue weighted by Gasteiger charge is -2.29. The normalized spacial score (nSPS) is 19.7. The fraction of sp³-hybridized carbons (Fsp3) is 0.391. The van der Waals surface area contributed by atoms with Gasteiger partial charge < -0.3 is 14.2 Å². The van der Waals surface area contributed by atoms with Gasteiger partial charge in [0, 0.05) is 5.92 Å². The third kappa shape index (κ3) is 4.90. The molecular formula is C23H26F2O3. The Bertz CT molecular complexity index is 794. The van der Waals surface area contributed by atoms with Crippen molar-refractivity contribution in [1.29, 1.82) is 0 Å². The Hall–Kier alpha value is -2.40. The predicted molar refractivity (Wildman–Crippen MR) is 106 cm³/mol. The maximum Gasteiger partial charge on any atom is 0.204 e. The van der Waals surface area contributed by atoms with Crippen LogP contribution in [0.25, 0.3) is 6.08 Å². The Labute approximate surface area is 164 Å². The first-order chi connectivity index (χ1) is 13.6. The van der Waals surface area contributed by atoms with Crippen LogP contribution >= 0.6 is 0 Å². The first kappa shape index (κ1) is 20.3. The van der Waals surface area contributed by atoms with Gasteiger partial charge in [-0.2, -0.15) is 8.78 Å². The summed E-state index contributed by atoms with van der Waals surface area (Å²) in [6, 6.07) is 11.1. The lowest BCUT2D eigenvalue weighted by molar-refractivity contribution is -0.0289. The molecule has 0 aliphatic carbocycles. The van der Waals surface area contributed by atoms with E-state index in [-0.39, 0.29) is 36.7 Å². The third-order valence-electron chi connectivity index (χ3n) is 4.82. The van der Waals surface area contributed by atoms with Crippen molar-refractivity contribution in [2.24, 2.45) is 5.92 Å². The van der Waals surface area contributed by atoms with Gasteiger partial charge >= 0.3 is 0 Å². The molecule has 0 N–H and O–H groups in total. The van der Waals surface area contributed by atoms with Gasteiger partial charge in [0.2, 0.25) is 11.6 Å². The van der Waals surface area contributed by atoms with Crippen molar-refractivity contribution in [3.8, 4) is 11.5 Å². The highest BCUT2D eigenvalue weighted by molar-refractivity contribution is 5.49. The molecule has 5 heteroatoms. The van der Waals surface area contributed by atoms with E-state index in [4.69, 9.17) is 14.2 Å². The molecule has 0 amide bonds. The summed E-state index contributed by atoms with van der Waals surface area (Å²) in [5.74, 6) is -2.07. The Balaban J connectivity index is 1.51. The molecule has 150 valence electrons. The van der Waals surface area contributed by atoms with Crippen LogP contribution < -0.4 is 9.47 Å². The molecular weight excluding hydrogens is 362 g/mol. The zero-order valence-electron chi connectivity index (χ0n) is 16.3. The summed E-state index contributed by atoms with van der Waals surface area (Å²) >= 11 is 0. The zero-order chi connectivity index (χ0) is 19.9. The molecule has 1 fully saturated rings. The minimum absolute atomic E-state index is 0.0653. The molecule has 0 aromatic heterocycles. The van der Waals surface area contributed by atoms with Gasteiger partial charge in [-0.25, -0.2) is 0 Å². The average molecular weight is 388 g/mol. The molecule has 28 heavy (non-hydrogen) atoms. The van der Waals surface area contributed by atoms with Gasteiger partial charge in [0.25, 0.3) is 0 Å². The zero-order valence-corrected chi connectivity index (χ0v) is 16.3. The molecule has 2 unspecified atom stereocenters. The fourth-order valence-electron chi connectivity index (χ4n) is 3.31. The van der Waals surface area contributed by atoms with E-state index in [1.807, 2.05) is 13.0 Å². The largest absolute Gasteiger partial charge is 0.491 e. The number of hydrogen-bond acceptors (Lipinski definition) is 3. The van der Waals surface area contributed by atoms with Gasteiger partial charge in [-0.15, -0.1) is 0 Å². The molecule has 1 saturated heterocycles. The SMILES string of the molecule is C/C=C/c1ccc(C2CCC(COc3ccc(OCC)c(F)c3F)CO2)cc1. The molecule has 3 nitrogen and oxygen atoms in total. The van der Waals surface area contributed by atoms with Crippen molar-refractivity contribution in [2.75, 3.05) is 19.8 Å². The van der Waals surface area contributed by atoms with Crippen LogP contribution in [-0.2, 0) is 4.74 Å². The van der Waals surface area contributed by atoms with Crippen LogP contribution in [-0.4, -0.2) is 19.8 Å². The lowest BCUT2D eigenvalue weighted by atomic mass is 9.94. The Kier molecular flexibility index (Phi) is 7.04. The first-order valence-corrected chi connectivity index (χ1v) is 9.70. The fourth-order valence-corrected chi connectivity index (χ4v) is 3.31. The monoisotopic (exact) mass is 388 g/mol. The third-order valence-corrected chi connectivity index (χ3v) is 4.82. The van der Waals surface area contributed by atoms with E-state index in [1.165, 1.54) is 12.1 Å².